The van der Waals surface area contributed by atoms with Gasteiger partial charge < -0.3 is 10.2 Å². The molecule has 1 N–H and O–H groups in total. The van der Waals surface area contributed by atoms with E-state index in [1.807, 2.05) is 51.1 Å². The average Bonchev–Trinajstić information content (AvgIpc) is 2.98. The molecule has 0 aliphatic heterocycles. The Morgan fingerprint density at radius 1 is 0.841 bits per heavy atom. The van der Waals surface area contributed by atoms with Crippen LogP contribution in [0.4, 0.5) is 5.69 Å². The average molecular weight is 653 g/mol. The number of halogens is 2. The lowest BCUT2D eigenvalue weighted by atomic mass is 10.0. The maximum atomic E-state index is 14.4. The first-order valence-electron chi connectivity index (χ1n) is 14.2. The van der Waals surface area contributed by atoms with E-state index in [1.165, 1.54) is 23.1 Å². The molecule has 0 spiro atoms. The summed E-state index contributed by atoms with van der Waals surface area (Å²) in [4.78, 5) is 29.6. The van der Waals surface area contributed by atoms with Crippen molar-refractivity contribution < 1.29 is 18.0 Å². The third kappa shape index (κ3) is 8.40. The highest BCUT2D eigenvalue weighted by molar-refractivity contribution is 7.92. The first-order chi connectivity index (χ1) is 21.0. The van der Waals surface area contributed by atoms with Crippen LogP contribution in [0.3, 0.4) is 0 Å². The van der Waals surface area contributed by atoms with Crippen molar-refractivity contribution in [2.75, 3.05) is 10.8 Å². The molecule has 0 fully saturated rings. The largest absolute Gasteiger partial charge is 0.352 e. The molecule has 4 aromatic carbocycles. The molecule has 0 aromatic heterocycles. The Kier molecular flexibility index (Phi) is 11.1. The van der Waals surface area contributed by atoms with Gasteiger partial charge in [-0.25, -0.2) is 8.42 Å². The van der Waals surface area contributed by atoms with Crippen molar-refractivity contribution in [3.63, 3.8) is 0 Å². The Balaban J connectivity index is 1.82. The quantitative estimate of drug-likeness (QED) is 0.186. The minimum atomic E-state index is -4.22. The molecule has 1 atom stereocenters. The number of rotatable bonds is 12. The van der Waals surface area contributed by atoms with Crippen molar-refractivity contribution in [1.29, 1.82) is 0 Å². The zero-order valence-electron chi connectivity index (χ0n) is 24.8. The van der Waals surface area contributed by atoms with Crippen molar-refractivity contribution in [2.45, 2.75) is 50.7 Å². The summed E-state index contributed by atoms with van der Waals surface area (Å²) in [7, 11) is -4.22. The number of nitrogens with zero attached hydrogens (tertiary/aromatic N) is 2. The van der Waals surface area contributed by atoms with Gasteiger partial charge in [0.15, 0.2) is 0 Å². The zero-order valence-corrected chi connectivity index (χ0v) is 27.1. The van der Waals surface area contributed by atoms with Gasteiger partial charge in [0.05, 0.1) is 10.6 Å². The second-order valence-corrected chi connectivity index (χ2v) is 13.5. The zero-order chi connectivity index (χ0) is 31.9. The van der Waals surface area contributed by atoms with E-state index >= 15 is 0 Å². The Morgan fingerprint density at radius 3 is 2.14 bits per heavy atom. The first kappa shape index (κ1) is 33.1. The fourth-order valence-electron chi connectivity index (χ4n) is 4.74. The number of benzene rings is 4. The molecule has 0 radical (unpaired) electrons. The normalized spacial score (nSPS) is 12.0. The smallest absolute Gasteiger partial charge is 0.264 e. The number of carbonyl (C=O) groups is 2. The highest BCUT2D eigenvalue weighted by Gasteiger charge is 2.35. The number of amides is 2. The summed E-state index contributed by atoms with van der Waals surface area (Å²) in [6.07, 6.45) is 0.206. The number of sulfonamides is 1. The first-order valence-corrected chi connectivity index (χ1v) is 16.4. The second-order valence-electron chi connectivity index (χ2n) is 10.8. The lowest BCUT2D eigenvalue weighted by Gasteiger charge is -2.34. The van der Waals surface area contributed by atoms with Gasteiger partial charge in [0.2, 0.25) is 11.8 Å². The molecule has 0 saturated heterocycles. The number of nitrogens with one attached hydrogen (secondary N) is 1. The molecular weight excluding hydrogens is 617 g/mol. The predicted molar refractivity (Wildman–Crippen MR) is 176 cm³/mol. The van der Waals surface area contributed by atoms with Gasteiger partial charge in [0.1, 0.15) is 12.6 Å². The maximum Gasteiger partial charge on any atom is 0.264 e. The molecule has 230 valence electrons. The molecule has 0 bridgehead atoms. The van der Waals surface area contributed by atoms with E-state index in [4.69, 9.17) is 23.2 Å². The van der Waals surface area contributed by atoms with Crippen LogP contribution in [0.1, 0.15) is 30.5 Å². The van der Waals surface area contributed by atoms with Crippen molar-refractivity contribution in [3.8, 4) is 0 Å². The molecule has 4 aromatic rings. The lowest BCUT2D eigenvalue weighted by Crippen LogP contribution is -2.54. The SMILES string of the molecule is Cc1ccc(S(=O)(=O)N(CC(=O)N(Cc2ccccc2Cl)C(Cc2ccccc2)C(=O)NC(C)C)c2cccc(Cl)c2)cc1. The standard InChI is InChI=1S/C34H35Cl2N3O4S/c1-24(2)37-34(41)32(20-26-10-5-4-6-11-26)38(22-27-12-7-8-15-31(27)36)33(40)23-39(29-14-9-13-28(35)21-29)44(42,43)30-18-16-25(3)17-19-30/h4-19,21,24,32H,20,22-23H2,1-3H3,(H,37,41). The van der Waals surface area contributed by atoms with Gasteiger partial charge in [-0.1, -0.05) is 95.5 Å². The molecule has 0 heterocycles. The molecule has 0 aliphatic rings. The van der Waals surface area contributed by atoms with Crippen LogP contribution in [0, 0.1) is 6.92 Å². The number of carbonyl (C=O) groups excluding carboxylic acids is 2. The highest BCUT2D eigenvalue weighted by atomic mass is 35.5. The van der Waals surface area contributed by atoms with E-state index in [0.29, 0.717) is 15.6 Å². The Labute approximate surface area is 269 Å². The summed E-state index contributed by atoms with van der Waals surface area (Å²) in [5.74, 6) is -0.944. The number of aryl methyl sites for hydroxylation is 1. The fraction of sp³-hybridized carbons (Fsp3) is 0.235. The van der Waals surface area contributed by atoms with E-state index in [0.717, 1.165) is 15.4 Å². The van der Waals surface area contributed by atoms with E-state index in [9.17, 15) is 18.0 Å². The van der Waals surface area contributed by atoms with Crippen molar-refractivity contribution in [1.82, 2.24) is 10.2 Å². The van der Waals surface area contributed by atoms with Crippen molar-refractivity contribution in [2.24, 2.45) is 0 Å². The van der Waals surface area contributed by atoms with Crippen LogP contribution in [0.25, 0.3) is 0 Å². The Morgan fingerprint density at radius 2 is 1.50 bits per heavy atom. The number of hydrogen-bond acceptors (Lipinski definition) is 4. The van der Waals surface area contributed by atoms with Gasteiger partial charge in [-0.2, -0.15) is 0 Å². The van der Waals surface area contributed by atoms with Gasteiger partial charge >= 0.3 is 0 Å². The lowest BCUT2D eigenvalue weighted by molar-refractivity contribution is -0.140. The van der Waals surface area contributed by atoms with Crippen LogP contribution in [0.2, 0.25) is 10.0 Å². The minimum Gasteiger partial charge on any atom is -0.352 e. The van der Waals surface area contributed by atoms with E-state index in [2.05, 4.69) is 5.32 Å². The van der Waals surface area contributed by atoms with Crippen LogP contribution in [-0.4, -0.2) is 43.8 Å². The minimum absolute atomic E-state index is 0.0184. The fourth-order valence-corrected chi connectivity index (χ4v) is 6.53. The van der Waals surface area contributed by atoms with Crippen molar-refractivity contribution in [3.05, 3.63) is 130 Å². The molecule has 0 saturated carbocycles. The third-order valence-corrected chi connectivity index (χ3v) is 9.38. The maximum absolute atomic E-state index is 14.4. The molecule has 4 rings (SSSR count). The van der Waals surface area contributed by atoms with Gasteiger partial charge in [-0.3, -0.25) is 13.9 Å². The van der Waals surface area contributed by atoms with Crippen LogP contribution in [0.5, 0.6) is 0 Å². The van der Waals surface area contributed by atoms with E-state index in [1.54, 1.807) is 54.6 Å². The topological polar surface area (TPSA) is 86.8 Å². The highest BCUT2D eigenvalue weighted by Crippen LogP contribution is 2.28. The summed E-state index contributed by atoms with van der Waals surface area (Å²) in [6.45, 7) is 4.94. The van der Waals surface area contributed by atoms with Crippen LogP contribution >= 0.6 is 23.2 Å². The molecule has 0 aliphatic carbocycles. The molecule has 7 nitrogen and oxygen atoms in total. The summed E-state index contributed by atoms with van der Waals surface area (Å²) in [5.41, 5.74) is 2.57. The van der Waals surface area contributed by atoms with Gasteiger partial charge in [-0.15, -0.1) is 0 Å². The molecule has 2 amide bonds. The van der Waals surface area contributed by atoms with Crippen LogP contribution < -0.4 is 9.62 Å². The molecule has 1 unspecified atom stereocenters. The monoisotopic (exact) mass is 651 g/mol. The summed E-state index contributed by atoms with van der Waals surface area (Å²) in [6, 6.07) is 28.0. The van der Waals surface area contributed by atoms with Crippen LogP contribution in [-0.2, 0) is 32.6 Å². The van der Waals surface area contributed by atoms with Gasteiger partial charge in [0, 0.05) is 29.1 Å². The molecular formula is C34H35Cl2N3O4S. The van der Waals surface area contributed by atoms with Gasteiger partial charge in [-0.05, 0) is 68.3 Å². The predicted octanol–water partition coefficient (Wildman–Crippen LogP) is 6.66. The summed E-state index contributed by atoms with van der Waals surface area (Å²) < 4.78 is 29.2. The van der Waals surface area contributed by atoms with E-state index in [-0.39, 0.29) is 35.5 Å². The molecule has 44 heavy (non-hydrogen) atoms. The third-order valence-electron chi connectivity index (χ3n) is 6.98. The van der Waals surface area contributed by atoms with E-state index < -0.39 is 28.5 Å². The summed E-state index contributed by atoms with van der Waals surface area (Å²) in [5, 5.41) is 3.67. The second kappa shape index (κ2) is 14.8. The number of hydrogen-bond donors (Lipinski definition) is 1. The Bertz CT molecular complexity index is 1700. The van der Waals surface area contributed by atoms with Gasteiger partial charge in [0.25, 0.3) is 10.0 Å². The van der Waals surface area contributed by atoms with Crippen molar-refractivity contribution >= 4 is 50.7 Å². The summed E-state index contributed by atoms with van der Waals surface area (Å²) >= 11 is 12.8. The molecule has 10 heteroatoms. The number of anilines is 1. The Hall–Kier alpha value is -3.85. The van der Waals surface area contributed by atoms with Crippen LogP contribution in [0.15, 0.2) is 108 Å².